The Kier molecular flexibility index (Phi) is 6.76. The molecule has 0 aliphatic rings. The molecule has 0 bridgehead atoms. The van der Waals surface area contributed by atoms with E-state index in [2.05, 4.69) is 5.32 Å². The van der Waals surface area contributed by atoms with Gasteiger partial charge >= 0.3 is 0 Å². The maximum absolute atomic E-state index is 12.5. The predicted molar refractivity (Wildman–Crippen MR) is 115 cm³/mol. The summed E-state index contributed by atoms with van der Waals surface area (Å²) in [7, 11) is 1.47. The molecule has 0 spiro atoms. The minimum absolute atomic E-state index is 0.0122. The van der Waals surface area contributed by atoms with Crippen molar-refractivity contribution in [2.24, 2.45) is 0 Å². The molecule has 7 nitrogen and oxygen atoms in total. The molecule has 0 saturated heterocycles. The maximum Gasteiger partial charge on any atom is 0.289 e. The number of nitrogens with zero attached hydrogens (tertiary/aromatic N) is 1. The number of nitrogens with one attached hydrogen (secondary N) is 1. The van der Waals surface area contributed by atoms with Crippen LogP contribution in [-0.4, -0.2) is 17.9 Å². The van der Waals surface area contributed by atoms with E-state index in [0.717, 1.165) is 5.56 Å². The van der Waals surface area contributed by atoms with Crippen molar-refractivity contribution in [2.45, 2.75) is 6.61 Å². The maximum atomic E-state index is 12.5. The number of hydrogen-bond donors (Lipinski definition) is 1. The quantitative estimate of drug-likeness (QED) is 0.368. The van der Waals surface area contributed by atoms with Crippen LogP contribution in [0.5, 0.6) is 11.5 Å². The van der Waals surface area contributed by atoms with Crippen LogP contribution in [0.25, 0.3) is 0 Å². The number of amides is 1. The van der Waals surface area contributed by atoms with Crippen LogP contribution in [0.2, 0.25) is 10.0 Å². The third-order valence-electron chi connectivity index (χ3n) is 4.13. The van der Waals surface area contributed by atoms with Gasteiger partial charge in [0.25, 0.3) is 11.6 Å². The highest BCUT2D eigenvalue weighted by molar-refractivity contribution is 6.32. The first-order valence-corrected chi connectivity index (χ1v) is 9.43. The summed E-state index contributed by atoms with van der Waals surface area (Å²) in [6.45, 7) is 0.299. The average molecular weight is 447 g/mol. The molecular formula is C21H16Cl2N2O5. The Morgan fingerprint density at radius 1 is 1.03 bits per heavy atom. The van der Waals surface area contributed by atoms with E-state index >= 15 is 0 Å². The van der Waals surface area contributed by atoms with Gasteiger partial charge in [-0.3, -0.25) is 14.9 Å². The second kappa shape index (κ2) is 9.47. The zero-order chi connectivity index (χ0) is 21.7. The third-order valence-corrected chi connectivity index (χ3v) is 4.71. The van der Waals surface area contributed by atoms with Crippen molar-refractivity contribution in [3.05, 3.63) is 92.0 Å². The molecule has 0 aromatic heterocycles. The average Bonchev–Trinajstić information content (AvgIpc) is 2.74. The first kappa shape index (κ1) is 21.4. The molecule has 154 valence electrons. The lowest BCUT2D eigenvalue weighted by Crippen LogP contribution is -2.12. The predicted octanol–water partition coefficient (Wildman–Crippen LogP) is 5.74. The fourth-order valence-electron chi connectivity index (χ4n) is 2.60. The van der Waals surface area contributed by atoms with Crippen molar-refractivity contribution in [1.82, 2.24) is 0 Å². The standard InChI is InChI=1S/C21H16Cl2N2O5/c1-29-20-10-14(4-9-19(20)30-12-13-2-5-15(22)6-3-13)21(26)24-16-7-8-17(23)18(11-16)25(27)28/h2-11H,12H2,1H3,(H,24,26). The van der Waals surface area contributed by atoms with E-state index in [1.807, 2.05) is 12.1 Å². The number of hydrogen-bond acceptors (Lipinski definition) is 5. The number of methoxy groups -OCH3 is 1. The van der Waals surface area contributed by atoms with Crippen molar-refractivity contribution < 1.29 is 19.2 Å². The van der Waals surface area contributed by atoms with Gasteiger partial charge < -0.3 is 14.8 Å². The normalized spacial score (nSPS) is 10.4. The van der Waals surface area contributed by atoms with Crippen molar-refractivity contribution in [3.63, 3.8) is 0 Å². The summed E-state index contributed by atoms with van der Waals surface area (Å²) in [5.74, 6) is 0.374. The number of nitro benzene ring substituents is 1. The van der Waals surface area contributed by atoms with E-state index in [9.17, 15) is 14.9 Å². The molecule has 0 heterocycles. The van der Waals surface area contributed by atoms with Crippen LogP contribution in [0.3, 0.4) is 0 Å². The Bertz CT molecular complexity index is 1090. The summed E-state index contributed by atoms with van der Waals surface area (Å²) in [6, 6.07) is 16.0. The Labute approximate surface area is 182 Å². The number of ether oxygens (including phenoxy) is 2. The van der Waals surface area contributed by atoms with Gasteiger partial charge in [0.05, 0.1) is 12.0 Å². The van der Waals surface area contributed by atoms with Crippen LogP contribution in [0.15, 0.2) is 60.7 Å². The van der Waals surface area contributed by atoms with Crippen LogP contribution in [0.1, 0.15) is 15.9 Å². The largest absolute Gasteiger partial charge is 0.493 e. The molecule has 9 heteroatoms. The van der Waals surface area contributed by atoms with Crippen molar-refractivity contribution >= 4 is 40.5 Å². The molecule has 0 aliphatic heterocycles. The number of rotatable bonds is 7. The smallest absolute Gasteiger partial charge is 0.289 e. The number of benzene rings is 3. The summed E-state index contributed by atoms with van der Waals surface area (Å²) < 4.78 is 11.1. The van der Waals surface area contributed by atoms with Gasteiger partial charge in [0.15, 0.2) is 11.5 Å². The number of carbonyl (C=O) groups excluding carboxylic acids is 1. The van der Waals surface area contributed by atoms with Crippen LogP contribution in [0, 0.1) is 10.1 Å². The van der Waals surface area contributed by atoms with Crippen molar-refractivity contribution in [1.29, 1.82) is 0 Å². The van der Waals surface area contributed by atoms with Gasteiger partial charge in [-0.05, 0) is 48.0 Å². The van der Waals surface area contributed by atoms with Gasteiger partial charge in [0, 0.05) is 22.3 Å². The summed E-state index contributed by atoms with van der Waals surface area (Å²) in [5.41, 5.74) is 1.17. The van der Waals surface area contributed by atoms with Crippen LogP contribution < -0.4 is 14.8 Å². The van der Waals surface area contributed by atoms with E-state index in [0.29, 0.717) is 28.7 Å². The Morgan fingerprint density at radius 2 is 1.77 bits per heavy atom. The molecule has 0 radical (unpaired) electrons. The highest BCUT2D eigenvalue weighted by Gasteiger charge is 2.16. The van der Waals surface area contributed by atoms with E-state index in [-0.39, 0.29) is 16.4 Å². The highest BCUT2D eigenvalue weighted by atomic mass is 35.5. The van der Waals surface area contributed by atoms with Crippen molar-refractivity contribution in [3.8, 4) is 11.5 Å². The fourth-order valence-corrected chi connectivity index (χ4v) is 2.92. The number of anilines is 1. The van der Waals surface area contributed by atoms with Gasteiger partial charge in [0.2, 0.25) is 0 Å². The van der Waals surface area contributed by atoms with Gasteiger partial charge in [0.1, 0.15) is 11.6 Å². The van der Waals surface area contributed by atoms with Crippen LogP contribution in [0.4, 0.5) is 11.4 Å². The summed E-state index contributed by atoms with van der Waals surface area (Å²) in [5, 5.41) is 14.2. The first-order valence-electron chi connectivity index (χ1n) is 8.68. The van der Waals surface area contributed by atoms with E-state index in [1.165, 1.54) is 31.4 Å². The Hall–Kier alpha value is -3.29. The molecule has 3 aromatic rings. The number of carbonyl (C=O) groups is 1. The second-order valence-electron chi connectivity index (χ2n) is 6.16. The SMILES string of the molecule is COc1cc(C(=O)Nc2ccc(Cl)c([N+](=O)[O-])c2)ccc1OCc1ccc(Cl)cc1. The van der Waals surface area contributed by atoms with Crippen LogP contribution >= 0.6 is 23.2 Å². The molecule has 1 amide bonds. The van der Waals surface area contributed by atoms with Gasteiger partial charge in [-0.15, -0.1) is 0 Å². The molecule has 30 heavy (non-hydrogen) atoms. The molecule has 0 saturated carbocycles. The zero-order valence-electron chi connectivity index (χ0n) is 15.7. The van der Waals surface area contributed by atoms with Crippen LogP contribution in [-0.2, 0) is 6.61 Å². The molecule has 1 N–H and O–H groups in total. The molecular weight excluding hydrogens is 431 g/mol. The summed E-state index contributed by atoms with van der Waals surface area (Å²) in [6.07, 6.45) is 0. The van der Waals surface area contributed by atoms with Gasteiger partial charge in [-0.2, -0.15) is 0 Å². The lowest BCUT2D eigenvalue weighted by molar-refractivity contribution is -0.384. The van der Waals surface area contributed by atoms with E-state index < -0.39 is 10.8 Å². The molecule has 0 atom stereocenters. The van der Waals surface area contributed by atoms with Gasteiger partial charge in [-0.1, -0.05) is 35.3 Å². The summed E-state index contributed by atoms with van der Waals surface area (Å²) in [4.78, 5) is 22.9. The fraction of sp³-hybridized carbons (Fsp3) is 0.0952. The third kappa shape index (κ3) is 5.20. The van der Waals surface area contributed by atoms with Crippen molar-refractivity contribution in [2.75, 3.05) is 12.4 Å². The second-order valence-corrected chi connectivity index (χ2v) is 7.00. The minimum Gasteiger partial charge on any atom is -0.493 e. The first-order chi connectivity index (χ1) is 14.4. The molecule has 0 fully saturated rings. The Balaban J connectivity index is 1.73. The lowest BCUT2D eigenvalue weighted by Gasteiger charge is -2.12. The topological polar surface area (TPSA) is 90.7 Å². The molecule has 3 rings (SSSR count). The van der Waals surface area contributed by atoms with E-state index in [4.69, 9.17) is 32.7 Å². The van der Waals surface area contributed by atoms with E-state index in [1.54, 1.807) is 24.3 Å². The Morgan fingerprint density at radius 3 is 2.43 bits per heavy atom. The molecule has 0 unspecified atom stereocenters. The lowest BCUT2D eigenvalue weighted by atomic mass is 10.1. The zero-order valence-corrected chi connectivity index (χ0v) is 17.2. The summed E-state index contributed by atoms with van der Waals surface area (Å²) >= 11 is 11.7. The van der Waals surface area contributed by atoms with Gasteiger partial charge in [-0.25, -0.2) is 0 Å². The number of halogens is 2. The highest BCUT2D eigenvalue weighted by Crippen LogP contribution is 2.30. The molecule has 3 aromatic carbocycles. The molecule has 0 aliphatic carbocycles. The monoisotopic (exact) mass is 446 g/mol. The minimum atomic E-state index is -0.617. The number of nitro groups is 1.